The molecule has 8 heteroatoms. The maximum atomic E-state index is 12.3. The molecule has 0 N–H and O–H groups in total. The maximum absolute atomic E-state index is 12.3. The Labute approximate surface area is 122 Å². The molecule has 108 valence electrons. The van der Waals surface area contributed by atoms with Crippen LogP contribution in [0.1, 0.15) is 0 Å². The molecule has 1 aliphatic rings. The first-order chi connectivity index (χ1) is 9.00. The van der Waals surface area contributed by atoms with Gasteiger partial charge in [-0.25, -0.2) is 8.42 Å². The van der Waals surface area contributed by atoms with E-state index in [0.717, 1.165) is 44.2 Å². The first-order valence-corrected chi connectivity index (χ1v) is 8.65. The van der Waals surface area contributed by atoms with Crippen LogP contribution in [0, 0.1) is 0 Å². The molecular formula is C11H17ClN2O3S2. The predicted molar refractivity (Wildman–Crippen MR) is 76.4 cm³/mol. The fraction of sp³-hybridized carbons (Fsp3) is 0.636. The number of ether oxygens (including phenoxy) is 1. The molecule has 19 heavy (non-hydrogen) atoms. The molecule has 1 aliphatic heterocycles. The molecule has 2 heterocycles. The van der Waals surface area contributed by atoms with E-state index in [1.165, 1.54) is 4.31 Å². The van der Waals surface area contributed by atoms with Gasteiger partial charge in [-0.1, -0.05) is 11.6 Å². The molecule has 1 aromatic heterocycles. The molecule has 0 aliphatic carbocycles. The number of likely N-dealkylation sites (N-methyl/N-ethyl adjacent to an activating group) is 1. The summed E-state index contributed by atoms with van der Waals surface area (Å²) in [5.74, 6) is 0. The molecule has 1 fully saturated rings. The number of rotatable bonds is 5. The fourth-order valence-electron chi connectivity index (χ4n) is 1.82. The van der Waals surface area contributed by atoms with Crippen LogP contribution in [0.25, 0.3) is 0 Å². The molecule has 0 saturated carbocycles. The van der Waals surface area contributed by atoms with E-state index in [9.17, 15) is 8.42 Å². The lowest BCUT2D eigenvalue weighted by Gasteiger charge is -2.28. The minimum atomic E-state index is -3.41. The molecular weight excluding hydrogens is 308 g/mol. The van der Waals surface area contributed by atoms with Crippen LogP contribution in [-0.2, 0) is 14.8 Å². The average molecular weight is 325 g/mol. The van der Waals surface area contributed by atoms with E-state index in [2.05, 4.69) is 4.90 Å². The highest BCUT2D eigenvalue weighted by Crippen LogP contribution is 2.27. The normalized spacial score (nSPS) is 18.1. The molecule has 0 bridgehead atoms. The van der Waals surface area contributed by atoms with E-state index in [0.29, 0.717) is 15.1 Å². The second kappa shape index (κ2) is 6.51. The smallest absolute Gasteiger partial charge is 0.252 e. The zero-order valence-electron chi connectivity index (χ0n) is 10.7. The third-order valence-corrected chi connectivity index (χ3v) is 6.60. The Bertz CT molecular complexity index is 512. The van der Waals surface area contributed by atoms with Gasteiger partial charge in [0.05, 0.1) is 17.6 Å². The summed E-state index contributed by atoms with van der Waals surface area (Å²) in [6.45, 7) is 4.35. The Morgan fingerprint density at radius 1 is 1.42 bits per heavy atom. The molecule has 0 radical (unpaired) electrons. The van der Waals surface area contributed by atoms with Crippen LogP contribution < -0.4 is 0 Å². The Morgan fingerprint density at radius 3 is 2.68 bits per heavy atom. The van der Waals surface area contributed by atoms with E-state index in [-0.39, 0.29) is 0 Å². The Balaban J connectivity index is 1.93. The van der Waals surface area contributed by atoms with E-state index in [1.807, 2.05) is 0 Å². The van der Waals surface area contributed by atoms with Crippen molar-refractivity contribution in [3.05, 3.63) is 16.5 Å². The van der Waals surface area contributed by atoms with Gasteiger partial charge in [-0.2, -0.15) is 4.31 Å². The van der Waals surface area contributed by atoms with Crippen LogP contribution in [0.5, 0.6) is 0 Å². The summed E-state index contributed by atoms with van der Waals surface area (Å²) >= 11 is 6.87. The van der Waals surface area contributed by atoms with Crippen LogP contribution in [0.2, 0.25) is 4.34 Å². The van der Waals surface area contributed by atoms with Gasteiger partial charge in [-0.15, -0.1) is 11.3 Å². The van der Waals surface area contributed by atoms with Crippen LogP contribution in [-0.4, -0.2) is 64.1 Å². The molecule has 0 atom stereocenters. The van der Waals surface area contributed by atoms with Gasteiger partial charge in [0.25, 0.3) is 10.0 Å². The molecule has 0 spiro atoms. The molecule has 1 saturated heterocycles. The van der Waals surface area contributed by atoms with Gasteiger partial charge < -0.3 is 4.74 Å². The minimum Gasteiger partial charge on any atom is -0.379 e. The van der Waals surface area contributed by atoms with E-state index < -0.39 is 10.0 Å². The minimum absolute atomic E-state index is 0.293. The molecule has 2 rings (SSSR count). The Morgan fingerprint density at radius 2 is 2.11 bits per heavy atom. The van der Waals surface area contributed by atoms with Gasteiger partial charge in [-0.3, -0.25) is 4.90 Å². The number of sulfonamides is 1. The highest BCUT2D eigenvalue weighted by atomic mass is 35.5. The third-order valence-electron chi connectivity index (χ3n) is 3.05. The summed E-state index contributed by atoms with van der Waals surface area (Å²) in [6.07, 6.45) is 0. The fourth-order valence-corrected chi connectivity index (χ4v) is 4.67. The number of halogens is 1. The Kier molecular flexibility index (Phi) is 5.22. The number of thiophene rings is 1. The van der Waals surface area contributed by atoms with Crippen LogP contribution in [0.15, 0.2) is 16.3 Å². The monoisotopic (exact) mass is 324 g/mol. The first kappa shape index (κ1) is 15.2. The number of hydrogen-bond donors (Lipinski definition) is 0. The Hall–Kier alpha value is -0.180. The summed E-state index contributed by atoms with van der Waals surface area (Å²) in [5.41, 5.74) is 0. The lowest BCUT2D eigenvalue weighted by atomic mass is 10.4. The van der Waals surface area contributed by atoms with Crippen molar-refractivity contribution in [1.29, 1.82) is 0 Å². The summed E-state index contributed by atoms with van der Waals surface area (Å²) in [5, 5.41) is 0. The highest BCUT2D eigenvalue weighted by molar-refractivity contribution is 7.91. The van der Waals surface area contributed by atoms with Crippen molar-refractivity contribution >= 4 is 33.0 Å². The molecule has 1 aromatic rings. The molecule has 0 aromatic carbocycles. The van der Waals surface area contributed by atoms with Gasteiger partial charge in [0.2, 0.25) is 0 Å². The highest BCUT2D eigenvalue weighted by Gasteiger charge is 2.23. The number of morpholine rings is 1. The summed E-state index contributed by atoms with van der Waals surface area (Å²) < 4.78 is 31.9. The maximum Gasteiger partial charge on any atom is 0.252 e. The summed E-state index contributed by atoms with van der Waals surface area (Å²) in [4.78, 5) is 2.21. The largest absolute Gasteiger partial charge is 0.379 e. The number of hydrogen-bond acceptors (Lipinski definition) is 5. The third kappa shape index (κ3) is 3.90. The first-order valence-electron chi connectivity index (χ1n) is 6.02. The predicted octanol–water partition coefficient (Wildman–Crippen LogP) is 1.35. The average Bonchev–Trinajstić information content (AvgIpc) is 2.84. The lowest BCUT2D eigenvalue weighted by Crippen LogP contribution is -2.41. The van der Waals surface area contributed by atoms with Crippen molar-refractivity contribution in [1.82, 2.24) is 9.21 Å². The van der Waals surface area contributed by atoms with Crippen molar-refractivity contribution in [3.8, 4) is 0 Å². The van der Waals surface area contributed by atoms with Gasteiger partial charge >= 0.3 is 0 Å². The van der Waals surface area contributed by atoms with Crippen LogP contribution in [0.4, 0.5) is 0 Å². The van der Waals surface area contributed by atoms with Crippen molar-refractivity contribution in [2.75, 3.05) is 46.4 Å². The van der Waals surface area contributed by atoms with Crippen molar-refractivity contribution < 1.29 is 13.2 Å². The van der Waals surface area contributed by atoms with Gasteiger partial charge in [0, 0.05) is 33.2 Å². The van der Waals surface area contributed by atoms with E-state index >= 15 is 0 Å². The quantitative estimate of drug-likeness (QED) is 0.820. The second-order valence-corrected chi connectivity index (χ2v) is 8.33. The second-order valence-electron chi connectivity index (χ2n) is 4.34. The van der Waals surface area contributed by atoms with E-state index in [4.69, 9.17) is 16.3 Å². The van der Waals surface area contributed by atoms with Crippen molar-refractivity contribution in [2.24, 2.45) is 0 Å². The van der Waals surface area contributed by atoms with Gasteiger partial charge in [0.15, 0.2) is 0 Å². The summed E-state index contributed by atoms with van der Waals surface area (Å²) in [7, 11) is -1.81. The number of nitrogens with zero attached hydrogens (tertiary/aromatic N) is 2. The van der Waals surface area contributed by atoms with Crippen LogP contribution in [0.3, 0.4) is 0 Å². The van der Waals surface area contributed by atoms with E-state index in [1.54, 1.807) is 19.2 Å². The zero-order valence-corrected chi connectivity index (χ0v) is 13.1. The topological polar surface area (TPSA) is 49.9 Å². The molecule has 5 nitrogen and oxygen atoms in total. The van der Waals surface area contributed by atoms with Crippen molar-refractivity contribution in [3.63, 3.8) is 0 Å². The lowest BCUT2D eigenvalue weighted by molar-refractivity contribution is 0.0368. The van der Waals surface area contributed by atoms with Crippen molar-refractivity contribution in [2.45, 2.75) is 4.21 Å². The standard InChI is InChI=1S/C11H17ClN2O3S2/c1-13(4-5-14-6-8-17-9-7-14)19(15,16)11-3-2-10(12)18-11/h2-3H,4-9H2,1H3. The van der Waals surface area contributed by atoms with Gasteiger partial charge in [0.1, 0.15) is 4.21 Å². The van der Waals surface area contributed by atoms with Crippen LogP contribution >= 0.6 is 22.9 Å². The zero-order chi connectivity index (χ0) is 13.9. The summed E-state index contributed by atoms with van der Waals surface area (Å²) in [6, 6.07) is 3.16. The SMILES string of the molecule is CN(CCN1CCOCC1)S(=O)(=O)c1ccc(Cl)s1. The van der Waals surface area contributed by atoms with Gasteiger partial charge in [-0.05, 0) is 12.1 Å². The molecule has 0 unspecified atom stereocenters. The molecule has 0 amide bonds.